The molecule has 0 fully saturated rings. The Hall–Kier alpha value is -2.30. The van der Waals surface area contributed by atoms with Crippen LogP contribution in [0.15, 0.2) is 24.3 Å². The van der Waals surface area contributed by atoms with Crippen molar-refractivity contribution < 1.29 is 4.39 Å². The molecule has 0 atom stereocenters. The molecule has 0 spiro atoms. The van der Waals surface area contributed by atoms with E-state index in [1.54, 1.807) is 17.8 Å². The van der Waals surface area contributed by atoms with Gasteiger partial charge < -0.3 is 10.7 Å². The summed E-state index contributed by atoms with van der Waals surface area (Å²) in [6, 6.07) is 6.51. The van der Waals surface area contributed by atoms with Crippen LogP contribution < -0.4 is 5.73 Å². The first-order chi connectivity index (χ1) is 8.56. The van der Waals surface area contributed by atoms with Gasteiger partial charge in [-0.05, 0) is 25.1 Å². The van der Waals surface area contributed by atoms with Gasteiger partial charge in [0.05, 0.1) is 5.69 Å². The lowest BCUT2D eigenvalue weighted by molar-refractivity contribution is 0.629. The van der Waals surface area contributed by atoms with Crippen LogP contribution in [-0.4, -0.2) is 14.8 Å². The summed E-state index contributed by atoms with van der Waals surface area (Å²) in [5, 5.41) is 5.31. The van der Waals surface area contributed by atoms with Crippen molar-refractivity contribution in [2.24, 2.45) is 7.05 Å². The first-order valence-corrected chi connectivity index (χ1v) is 5.64. The second-order valence-corrected chi connectivity index (χ2v) is 4.39. The van der Waals surface area contributed by atoms with Gasteiger partial charge in [0.1, 0.15) is 11.6 Å². The number of benzene rings is 1. The zero-order chi connectivity index (χ0) is 12.9. The lowest BCUT2D eigenvalue weighted by Gasteiger charge is -1.96. The minimum absolute atomic E-state index is 0.254. The van der Waals surface area contributed by atoms with Crippen LogP contribution in [0.3, 0.4) is 0 Å². The molecule has 5 heteroatoms. The maximum Gasteiger partial charge on any atom is 0.125 e. The summed E-state index contributed by atoms with van der Waals surface area (Å²) in [5.41, 5.74) is 9.28. The molecule has 18 heavy (non-hydrogen) atoms. The average Bonchev–Trinajstić information content (AvgIpc) is 2.78. The maximum absolute atomic E-state index is 13.2. The van der Waals surface area contributed by atoms with E-state index in [-0.39, 0.29) is 5.82 Å². The topological polar surface area (TPSA) is 59.6 Å². The Bertz CT molecular complexity index is 719. The molecule has 2 aromatic heterocycles. The lowest BCUT2D eigenvalue weighted by Crippen LogP contribution is -1.96. The fourth-order valence-corrected chi connectivity index (χ4v) is 2.24. The molecular formula is C13H13FN4. The predicted molar refractivity (Wildman–Crippen MR) is 69.6 cm³/mol. The number of nitrogens with one attached hydrogen (secondary N) is 1. The van der Waals surface area contributed by atoms with Crippen LogP contribution in [0, 0.1) is 12.7 Å². The molecule has 2 heterocycles. The van der Waals surface area contributed by atoms with Gasteiger partial charge in [0.15, 0.2) is 0 Å². The molecule has 0 saturated carbocycles. The highest BCUT2D eigenvalue weighted by Gasteiger charge is 2.14. The van der Waals surface area contributed by atoms with Gasteiger partial charge in [-0.3, -0.25) is 4.68 Å². The van der Waals surface area contributed by atoms with Gasteiger partial charge in [0.25, 0.3) is 0 Å². The lowest BCUT2D eigenvalue weighted by atomic mass is 10.1. The van der Waals surface area contributed by atoms with Crippen molar-refractivity contribution in [3.05, 3.63) is 35.8 Å². The molecule has 3 aromatic rings. The van der Waals surface area contributed by atoms with Gasteiger partial charge in [0, 0.05) is 35.3 Å². The van der Waals surface area contributed by atoms with Crippen LogP contribution in [0.25, 0.3) is 22.2 Å². The molecule has 1 aromatic carbocycles. The number of hydrogen-bond donors (Lipinski definition) is 2. The van der Waals surface area contributed by atoms with E-state index in [9.17, 15) is 4.39 Å². The average molecular weight is 244 g/mol. The van der Waals surface area contributed by atoms with Gasteiger partial charge >= 0.3 is 0 Å². The SMILES string of the molecule is Cc1[nH]c2cc(F)ccc2c1-c1cc(N)n(C)n1. The Morgan fingerprint density at radius 2 is 2.11 bits per heavy atom. The molecule has 3 N–H and O–H groups in total. The second-order valence-electron chi connectivity index (χ2n) is 4.39. The molecule has 3 rings (SSSR count). The van der Waals surface area contributed by atoms with E-state index in [0.29, 0.717) is 5.82 Å². The molecule has 92 valence electrons. The highest BCUT2D eigenvalue weighted by atomic mass is 19.1. The Morgan fingerprint density at radius 1 is 1.33 bits per heavy atom. The molecular weight excluding hydrogens is 231 g/mol. The summed E-state index contributed by atoms with van der Waals surface area (Å²) in [4.78, 5) is 3.17. The number of nitrogens with zero attached hydrogens (tertiary/aromatic N) is 2. The highest BCUT2D eigenvalue weighted by Crippen LogP contribution is 2.32. The minimum atomic E-state index is -0.254. The molecule has 0 bridgehead atoms. The number of halogens is 1. The number of fused-ring (bicyclic) bond motifs is 1. The first kappa shape index (κ1) is 10.8. The quantitative estimate of drug-likeness (QED) is 0.691. The van der Waals surface area contributed by atoms with Crippen molar-refractivity contribution in [3.8, 4) is 11.3 Å². The second kappa shape index (κ2) is 3.60. The number of nitrogens with two attached hydrogens (primary N) is 1. The number of hydrogen-bond acceptors (Lipinski definition) is 2. The number of rotatable bonds is 1. The Kier molecular flexibility index (Phi) is 2.16. The fourth-order valence-electron chi connectivity index (χ4n) is 2.24. The molecule has 0 saturated heterocycles. The standard InChI is InChI=1S/C13H13FN4/c1-7-13(11-6-12(15)18(2)17-11)9-4-3-8(14)5-10(9)16-7/h3-6,16H,15H2,1-2H3. The molecule has 0 amide bonds. The summed E-state index contributed by atoms with van der Waals surface area (Å²) in [6.45, 7) is 1.94. The van der Waals surface area contributed by atoms with Crippen molar-refractivity contribution in [3.63, 3.8) is 0 Å². The first-order valence-electron chi connectivity index (χ1n) is 5.64. The Labute approximate surface area is 103 Å². The van der Waals surface area contributed by atoms with E-state index < -0.39 is 0 Å². The molecule has 4 nitrogen and oxygen atoms in total. The van der Waals surface area contributed by atoms with Crippen LogP contribution >= 0.6 is 0 Å². The molecule has 0 aliphatic carbocycles. The number of nitrogen functional groups attached to an aromatic ring is 1. The smallest absolute Gasteiger partial charge is 0.125 e. The van der Waals surface area contributed by atoms with Crippen molar-refractivity contribution in [2.75, 3.05) is 5.73 Å². The summed E-state index contributed by atoms with van der Waals surface area (Å²) >= 11 is 0. The molecule has 0 aliphatic rings. The summed E-state index contributed by atoms with van der Waals surface area (Å²) in [5.74, 6) is 0.344. The zero-order valence-corrected chi connectivity index (χ0v) is 10.2. The normalized spacial score (nSPS) is 11.3. The van der Waals surface area contributed by atoms with Crippen LogP contribution in [0.4, 0.5) is 10.2 Å². The van der Waals surface area contributed by atoms with E-state index in [2.05, 4.69) is 10.1 Å². The molecule has 0 aliphatic heterocycles. The van der Waals surface area contributed by atoms with E-state index in [1.807, 2.05) is 13.0 Å². The van der Waals surface area contributed by atoms with Crippen molar-refractivity contribution in [2.45, 2.75) is 6.92 Å². The van der Waals surface area contributed by atoms with Crippen molar-refractivity contribution in [1.82, 2.24) is 14.8 Å². The number of H-pyrrole nitrogens is 1. The van der Waals surface area contributed by atoms with Crippen LogP contribution in [0.5, 0.6) is 0 Å². The third-order valence-electron chi connectivity index (χ3n) is 3.12. The molecule has 0 radical (unpaired) electrons. The number of anilines is 1. The summed E-state index contributed by atoms with van der Waals surface area (Å²) in [6.07, 6.45) is 0. The van der Waals surface area contributed by atoms with Crippen LogP contribution in [0.1, 0.15) is 5.69 Å². The van der Waals surface area contributed by atoms with Gasteiger partial charge in [-0.1, -0.05) is 0 Å². The van der Waals surface area contributed by atoms with Gasteiger partial charge in [-0.15, -0.1) is 0 Å². The molecule has 0 unspecified atom stereocenters. The minimum Gasteiger partial charge on any atom is -0.384 e. The Morgan fingerprint density at radius 3 is 2.78 bits per heavy atom. The predicted octanol–water partition coefficient (Wildman–Crippen LogP) is 2.60. The van der Waals surface area contributed by atoms with Crippen LogP contribution in [0.2, 0.25) is 0 Å². The zero-order valence-electron chi connectivity index (χ0n) is 10.2. The Balaban J connectivity index is 2.31. The largest absolute Gasteiger partial charge is 0.384 e. The monoisotopic (exact) mass is 244 g/mol. The van der Waals surface area contributed by atoms with E-state index in [1.165, 1.54) is 12.1 Å². The van der Waals surface area contributed by atoms with E-state index >= 15 is 0 Å². The van der Waals surface area contributed by atoms with Gasteiger partial charge in [0.2, 0.25) is 0 Å². The van der Waals surface area contributed by atoms with Crippen LogP contribution in [-0.2, 0) is 7.05 Å². The fraction of sp³-hybridized carbons (Fsp3) is 0.154. The highest BCUT2D eigenvalue weighted by molar-refractivity contribution is 5.96. The third-order valence-corrected chi connectivity index (χ3v) is 3.12. The summed E-state index contributed by atoms with van der Waals surface area (Å²) in [7, 11) is 1.79. The third kappa shape index (κ3) is 1.48. The number of aromatic amines is 1. The van der Waals surface area contributed by atoms with Gasteiger partial charge in [-0.2, -0.15) is 5.10 Å². The van der Waals surface area contributed by atoms with Crippen molar-refractivity contribution in [1.29, 1.82) is 0 Å². The van der Waals surface area contributed by atoms with E-state index in [4.69, 9.17) is 5.73 Å². The van der Waals surface area contributed by atoms with Crippen molar-refractivity contribution >= 4 is 16.7 Å². The maximum atomic E-state index is 13.2. The van der Waals surface area contributed by atoms with Gasteiger partial charge in [-0.25, -0.2) is 4.39 Å². The number of aryl methyl sites for hydroxylation is 2. The number of aromatic nitrogens is 3. The van der Waals surface area contributed by atoms with E-state index in [0.717, 1.165) is 27.9 Å². The summed E-state index contributed by atoms with van der Waals surface area (Å²) < 4.78 is 14.8.